The van der Waals surface area contributed by atoms with Crippen molar-refractivity contribution in [1.29, 1.82) is 0 Å². The number of fused-ring (bicyclic) bond motifs is 1. The fourth-order valence-corrected chi connectivity index (χ4v) is 1.36. The molecular weight excluding hydrogens is 175 g/mol. The summed E-state index contributed by atoms with van der Waals surface area (Å²) in [5.41, 5.74) is 1.41. The number of hydrogen-bond acceptors (Lipinski definition) is 3. The summed E-state index contributed by atoms with van der Waals surface area (Å²) < 4.78 is 1.72. The van der Waals surface area contributed by atoms with E-state index in [1.165, 1.54) is 6.20 Å². The predicted octanol–water partition coefficient (Wildman–Crippen LogP) is -3.06. The summed E-state index contributed by atoms with van der Waals surface area (Å²) in [6.07, 6.45) is 3.07. The van der Waals surface area contributed by atoms with E-state index in [0.29, 0.717) is 5.52 Å². The number of carboxylic acid groups (broad SMARTS) is 1. The van der Waals surface area contributed by atoms with E-state index in [1.54, 1.807) is 23.9 Å². The molecule has 0 spiro atoms. The Morgan fingerprint density at radius 1 is 1.57 bits per heavy atom. The molecule has 4 nitrogen and oxygen atoms in total. The van der Waals surface area contributed by atoms with Crippen molar-refractivity contribution >= 4 is 17.0 Å². The molecule has 14 heavy (non-hydrogen) atoms. The molecular formula is C9H7LiN2O2. The summed E-state index contributed by atoms with van der Waals surface area (Å²) in [5, 5.41) is 10.7. The standard InChI is InChI=1S/C9H8N2O2.Li/c1-11-5-6(9(12)13)8-7(11)3-2-4-10-8;/h2-5H,1H3,(H,12,13);/q;+1/p-1. The largest absolute Gasteiger partial charge is 1.00 e. The van der Waals surface area contributed by atoms with Crippen molar-refractivity contribution in [1.82, 2.24) is 9.55 Å². The molecule has 2 aromatic heterocycles. The van der Waals surface area contributed by atoms with Gasteiger partial charge in [0.1, 0.15) is 0 Å². The minimum atomic E-state index is -1.19. The zero-order valence-corrected chi connectivity index (χ0v) is 8.02. The van der Waals surface area contributed by atoms with Crippen LogP contribution in [-0.2, 0) is 7.05 Å². The summed E-state index contributed by atoms with van der Waals surface area (Å²) >= 11 is 0. The van der Waals surface area contributed by atoms with Gasteiger partial charge in [0.2, 0.25) is 0 Å². The van der Waals surface area contributed by atoms with Gasteiger partial charge in [-0.15, -0.1) is 0 Å². The fraction of sp³-hybridized carbons (Fsp3) is 0.111. The monoisotopic (exact) mass is 182 g/mol. The average Bonchev–Trinajstić information content (AvgIpc) is 2.45. The van der Waals surface area contributed by atoms with Gasteiger partial charge in [-0.1, -0.05) is 0 Å². The Bertz CT molecular complexity index is 479. The van der Waals surface area contributed by atoms with Crippen LogP contribution >= 0.6 is 0 Å². The Balaban J connectivity index is 0.000000980. The summed E-state index contributed by atoms with van der Waals surface area (Å²) in [5.74, 6) is -1.19. The molecule has 0 fully saturated rings. The van der Waals surface area contributed by atoms with Crippen LogP contribution in [-0.4, -0.2) is 15.5 Å². The van der Waals surface area contributed by atoms with Gasteiger partial charge in [-0.2, -0.15) is 0 Å². The van der Waals surface area contributed by atoms with Crippen molar-refractivity contribution in [2.45, 2.75) is 0 Å². The molecule has 0 saturated carbocycles. The Kier molecular flexibility index (Phi) is 2.99. The van der Waals surface area contributed by atoms with Crippen LogP contribution in [0.2, 0.25) is 0 Å². The second kappa shape index (κ2) is 3.87. The van der Waals surface area contributed by atoms with E-state index in [1.807, 2.05) is 6.07 Å². The molecule has 0 amide bonds. The van der Waals surface area contributed by atoms with Gasteiger partial charge in [0.05, 0.1) is 17.0 Å². The number of pyridine rings is 1. The minimum Gasteiger partial charge on any atom is -0.545 e. The number of aromatic nitrogens is 2. The first kappa shape index (κ1) is 10.8. The first-order chi connectivity index (χ1) is 6.20. The summed E-state index contributed by atoms with van der Waals surface area (Å²) in [6, 6.07) is 3.58. The first-order valence-electron chi connectivity index (χ1n) is 3.81. The molecule has 0 saturated heterocycles. The molecule has 2 heterocycles. The smallest absolute Gasteiger partial charge is 0.545 e. The Labute approximate surface area is 92.7 Å². The van der Waals surface area contributed by atoms with E-state index in [0.717, 1.165) is 5.52 Å². The van der Waals surface area contributed by atoms with Crippen LogP contribution in [0.15, 0.2) is 24.5 Å². The molecule has 0 aromatic carbocycles. The second-order valence-electron chi connectivity index (χ2n) is 2.81. The maximum absolute atomic E-state index is 10.7. The molecule has 0 aliphatic carbocycles. The summed E-state index contributed by atoms with van der Waals surface area (Å²) in [7, 11) is 1.77. The van der Waals surface area contributed by atoms with Gasteiger partial charge in [-0.05, 0) is 12.1 Å². The van der Waals surface area contributed by atoms with Crippen LogP contribution in [0, 0.1) is 0 Å². The SMILES string of the molecule is Cn1cc(C(=O)[O-])c2ncccc21.[Li+]. The van der Waals surface area contributed by atoms with Gasteiger partial charge in [0.15, 0.2) is 0 Å². The molecule has 5 heteroatoms. The van der Waals surface area contributed by atoms with E-state index < -0.39 is 5.97 Å². The normalized spacial score (nSPS) is 9.79. The van der Waals surface area contributed by atoms with E-state index in [9.17, 15) is 9.90 Å². The average molecular weight is 182 g/mol. The second-order valence-corrected chi connectivity index (χ2v) is 2.81. The number of carboxylic acids is 1. The molecule has 0 bridgehead atoms. The molecule has 0 unspecified atom stereocenters. The molecule has 0 atom stereocenters. The third kappa shape index (κ3) is 1.54. The third-order valence-electron chi connectivity index (χ3n) is 1.96. The summed E-state index contributed by atoms with van der Waals surface area (Å²) in [4.78, 5) is 14.6. The zero-order valence-electron chi connectivity index (χ0n) is 8.02. The van der Waals surface area contributed by atoms with Gasteiger partial charge in [0.25, 0.3) is 0 Å². The first-order valence-corrected chi connectivity index (χ1v) is 3.81. The molecule has 0 aliphatic rings. The number of carbonyl (C=O) groups excluding carboxylic acids is 1. The van der Waals surface area contributed by atoms with Gasteiger partial charge in [-0.3, -0.25) is 4.98 Å². The van der Waals surface area contributed by atoms with Gasteiger partial charge < -0.3 is 14.5 Å². The van der Waals surface area contributed by atoms with Crippen molar-refractivity contribution in [2.75, 3.05) is 0 Å². The maximum atomic E-state index is 10.7. The van der Waals surface area contributed by atoms with Crippen molar-refractivity contribution in [3.05, 3.63) is 30.1 Å². The van der Waals surface area contributed by atoms with Crippen LogP contribution in [0.3, 0.4) is 0 Å². The van der Waals surface area contributed by atoms with E-state index >= 15 is 0 Å². The van der Waals surface area contributed by atoms with Gasteiger partial charge in [0, 0.05) is 25.0 Å². The fourth-order valence-electron chi connectivity index (χ4n) is 1.36. The van der Waals surface area contributed by atoms with Crippen LogP contribution in [0.25, 0.3) is 11.0 Å². The Hall–Kier alpha value is -1.24. The zero-order chi connectivity index (χ0) is 9.42. The Morgan fingerprint density at radius 3 is 2.93 bits per heavy atom. The topological polar surface area (TPSA) is 58.0 Å². The van der Waals surface area contributed by atoms with E-state index in [-0.39, 0.29) is 24.4 Å². The summed E-state index contributed by atoms with van der Waals surface area (Å²) in [6.45, 7) is 0. The van der Waals surface area contributed by atoms with Crippen LogP contribution < -0.4 is 24.0 Å². The number of rotatable bonds is 1. The van der Waals surface area contributed by atoms with Crippen molar-refractivity contribution in [3.8, 4) is 0 Å². The molecule has 2 rings (SSSR count). The minimum absolute atomic E-state index is 0. The molecule has 2 aromatic rings. The number of nitrogens with zero attached hydrogens (tertiary/aromatic N) is 2. The predicted molar refractivity (Wildman–Crippen MR) is 45.0 cm³/mol. The number of carbonyl (C=O) groups is 1. The number of hydrogen-bond donors (Lipinski definition) is 0. The molecule has 0 N–H and O–H groups in total. The van der Waals surface area contributed by atoms with Crippen molar-refractivity contribution in [2.24, 2.45) is 7.05 Å². The quantitative estimate of drug-likeness (QED) is 0.440. The van der Waals surface area contributed by atoms with Crippen LogP contribution in [0.5, 0.6) is 0 Å². The van der Waals surface area contributed by atoms with Crippen molar-refractivity contribution in [3.63, 3.8) is 0 Å². The number of aromatic carboxylic acids is 1. The maximum Gasteiger partial charge on any atom is 1.00 e. The third-order valence-corrected chi connectivity index (χ3v) is 1.96. The van der Waals surface area contributed by atoms with Crippen molar-refractivity contribution < 1.29 is 28.8 Å². The Morgan fingerprint density at radius 2 is 2.29 bits per heavy atom. The van der Waals surface area contributed by atoms with E-state index in [4.69, 9.17) is 0 Å². The molecule has 0 radical (unpaired) electrons. The van der Waals surface area contributed by atoms with E-state index in [2.05, 4.69) is 4.98 Å². The van der Waals surface area contributed by atoms with Gasteiger partial charge >= 0.3 is 18.9 Å². The van der Waals surface area contributed by atoms with Crippen LogP contribution in [0.1, 0.15) is 10.4 Å². The van der Waals surface area contributed by atoms with Crippen LogP contribution in [0.4, 0.5) is 0 Å². The molecule has 66 valence electrons. The van der Waals surface area contributed by atoms with Gasteiger partial charge in [-0.25, -0.2) is 0 Å². The number of aryl methyl sites for hydroxylation is 1. The molecule has 0 aliphatic heterocycles.